The van der Waals surface area contributed by atoms with Gasteiger partial charge in [-0.1, -0.05) is 12.8 Å². The van der Waals surface area contributed by atoms with E-state index in [0.29, 0.717) is 38.8 Å². The van der Waals surface area contributed by atoms with Gasteiger partial charge < -0.3 is 64.7 Å². The third-order valence-corrected chi connectivity index (χ3v) is 9.57. The van der Waals surface area contributed by atoms with Crippen molar-refractivity contribution in [3.05, 3.63) is 37.4 Å². The molecule has 50 heavy (non-hydrogen) atoms. The summed E-state index contributed by atoms with van der Waals surface area (Å²) in [7, 11) is 3.95. The van der Waals surface area contributed by atoms with Gasteiger partial charge in [0.25, 0.3) is 0 Å². The summed E-state index contributed by atoms with van der Waals surface area (Å²) in [4.78, 5) is 51.2. The van der Waals surface area contributed by atoms with E-state index in [1.807, 2.05) is 60.7 Å². The van der Waals surface area contributed by atoms with E-state index in [0.717, 1.165) is 64.5 Å². The Labute approximate surface area is 315 Å². The summed E-state index contributed by atoms with van der Waals surface area (Å²) in [5, 5.41) is 12.7. The highest BCUT2D eigenvalue weighted by Crippen LogP contribution is 2.21. The van der Waals surface area contributed by atoms with Gasteiger partial charge >= 0.3 is 11.9 Å². The van der Waals surface area contributed by atoms with Crippen molar-refractivity contribution < 1.29 is 71.7 Å². The van der Waals surface area contributed by atoms with Gasteiger partial charge in [0.15, 0.2) is 0 Å². The van der Waals surface area contributed by atoms with Crippen molar-refractivity contribution >= 4 is 23.8 Å². The van der Waals surface area contributed by atoms with Crippen LogP contribution in [-0.2, 0) is 55.8 Å². The first-order valence-corrected chi connectivity index (χ1v) is 17.7. The fraction of sp³-hybridized carbons (Fsp3) is 0.706. The lowest BCUT2D eigenvalue weighted by Crippen LogP contribution is -3.00. The minimum Gasteiger partial charge on any atom is -1.00 e. The minimum atomic E-state index is -0.445. The second kappa shape index (κ2) is 20.9. The molecular weight excluding hydrogens is 776 g/mol. The predicted octanol–water partition coefficient (Wildman–Crippen LogP) is -5.92. The zero-order valence-corrected chi connectivity index (χ0v) is 32.4. The van der Waals surface area contributed by atoms with Crippen LogP contribution in [0.15, 0.2) is 37.4 Å². The third kappa shape index (κ3) is 13.1. The van der Waals surface area contributed by atoms with Gasteiger partial charge in [0.1, 0.15) is 37.0 Å². The molecule has 280 valence electrons. The molecule has 2 amide bonds. The highest BCUT2D eigenvalue weighted by molar-refractivity contribution is 5.84. The Morgan fingerprint density at radius 1 is 0.700 bits per heavy atom. The maximum Gasteiger partial charge on any atom is 0.306 e. The Morgan fingerprint density at radius 3 is 1.50 bits per heavy atom. The number of nitrogens with zero attached hydrogens (tertiary/aromatic N) is 4. The Balaban J connectivity index is 0.00000338. The molecule has 16 heteroatoms. The number of unbranched alkanes of at least 4 members (excludes halogenated alkanes) is 2. The number of aromatic nitrogens is 4. The zero-order valence-electron chi connectivity index (χ0n) is 29.2. The van der Waals surface area contributed by atoms with Crippen LogP contribution in [0.25, 0.3) is 0 Å². The van der Waals surface area contributed by atoms with Crippen LogP contribution in [0.3, 0.4) is 0 Å². The fourth-order valence-corrected chi connectivity index (χ4v) is 6.91. The molecular formula is C34H54Br2N8O6. The molecule has 4 N–H and O–H groups in total. The molecule has 2 aromatic rings. The maximum absolute atomic E-state index is 13.2. The first kappa shape index (κ1) is 41.6. The number of carbonyl (C=O) groups is 4. The van der Waals surface area contributed by atoms with Gasteiger partial charge in [0.05, 0.1) is 39.3 Å². The normalized spacial score (nSPS) is 24.4. The van der Waals surface area contributed by atoms with Crippen LogP contribution in [0.4, 0.5) is 0 Å². The van der Waals surface area contributed by atoms with Crippen molar-refractivity contribution in [2.75, 3.05) is 13.1 Å². The lowest BCUT2D eigenvalue weighted by atomic mass is 9.89. The van der Waals surface area contributed by atoms with Gasteiger partial charge in [-0.25, -0.2) is 18.3 Å². The summed E-state index contributed by atoms with van der Waals surface area (Å²) in [5.41, 5.74) is 0. The molecule has 3 aliphatic rings. The fourth-order valence-electron chi connectivity index (χ4n) is 6.91. The van der Waals surface area contributed by atoms with Gasteiger partial charge in [-0.05, 0) is 38.5 Å². The van der Waals surface area contributed by atoms with Crippen molar-refractivity contribution in [2.45, 2.75) is 127 Å². The summed E-state index contributed by atoms with van der Waals surface area (Å²) < 4.78 is 19.5. The number of amides is 2. The number of imidazole rings is 2. The van der Waals surface area contributed by atoms with E-state index < -0.39 is 12.1 Å². The lowest BCUT2D eigenvalue weighted by Gasteiger charge is -2.34. The van der Waals surface area contributed by atoms with Gasteiger partial charge in [-0.3, -0.25) is 19.2 Å². The highest BCUT2D eigenvalue weighted by Gasteiger charge is 2.37. The van der Waals surface area contributed by atoms with Crippen LogP contribution in [0, 0.1) is 0 Å². The molecule has 2 aromatic heterocycles. The second-order valence-corrected chi connectivity index (χ2v) is 13.7. The predicted molar refractivity (Wildman–Crippen MR) is 174 cm³/mol. The Kier molecular flexibility index (Phi) is 17.4. The van der Waals surface area contributed by atoms with Crippen molar-refractivity contribution in [3.8, 4) is 0 Å². The van der Waals surface area contributed by atoms with Crippen LogP contribution >= 0.6 is 0 Å². The van der Waals surface area contributed by atoms with E-state index in [1.165, 1.54) is 0 Å². The molecule has 0 radical (unpaired) electrons. The van der Waals surface area contributed by atoms with Crippen LogP contribution < -0.4 is 64.4 Å². The molecule has 0 aromatic carbocycles. The summed E-state index contributed by atoms with van der Waals surface area (Å²) in [5.74, 6) is -0.723. The van der Waals surface area contributed by atoms with Crippen molar-refractivity contribution in [1.29, 1.82) is 0 Å². The minimum absolute atomic E-state index is 0. The molecule has 14 nitrogen and oxygen atoms in total. The van der Waals surface area contributed by atoms with Crippen LogP contribution in [0.1, 0.15) is 77.0 Å². The van der Waals surface area contributed by atoms with Crippen molar-refractivity contribution in [3.63, 3.8) is 0 Å². The Bertz CT molecular complexity index is 1290. The van der Waals surface area contributed by atoms with E-state index in [2.05, 4.69) is 30.4 Å². The van der Waals surface area contributed by atoms with Gasteiger partial charge in [0.2, 0.25) is 24.5 Å². The highest BCUT2D eigenvalue weighted by atomic mass is 79.9. The maximum atomic E-state index is 13.2. The van der Waals surface area contributed by atoms with E-state index in [-0.39, 0.29) is 82.0 Å². The number of nitrogens with one attached hydrogen (secondary N) is 4. The number of hydrogen-bond acceptors (Lipinski definition) is 8. The first-order chi connectivity index (χ1) is 23.2. The topological polar surface area (TPSA) is 152 Å². The third-order valence-electron chi connectivity index (χ3n) is 9.57. The van der Waals surface area contributed by atoms with Crippen molar-refractivity contribution in [1.82, 2.24) is 30.4 Å². The summed E-state index contributed by atoms with van der Waals surface area (Å²) in [6, 6.07) is -1.24. The number of esters is 2. The standard InChI is InChI=1S/C34H52N8O6.2BrH/c1-39-15-17-41(23-39)13-7-5-11-31(43)47-25-19-29(35-21-25)33(45)37-27-9-3-4-10-28(27)38-34(46)30-20-26(22-36-30)48-32(44)12-6-8-14-42-18-16-40(2)24-42;;/h15-18,23-30,35-36H,3-14,19-22H2,1-2H3;2*1H/t25-,26-,27-,28-,29+,30+;;/m1../s1. The number of rotatable bonds is 16. The Hall–Kier alpha value is -2.82. The van der Waals surface area contributed by atoms with Crippen LogP contribution in [0.5, 0.6) is 0 Å². The average Bonchev–Trinajstić information content (AvgIpc) is 3.88. The molecule has 0 unspecified atom stereocenters. The molecule has 2 aliphatic heterocycles. The second-order valence-electron chi connectivity index (χ2n) is 13.7. The number of ether oxygens (including phenoxy) is 2. The summed E-state index contributed by atoms with van der Waals surface area (Å²) in [6.07, 6.45) is 19.7. The van der Waals surface area contributed by atoms with Gasteiger partial charge in [-0.2, -0.15) is 0 Å². The lowest BCUT2D eigenvalue weighted by molar-refractivity contribution is -0.671. The number of halogens is 2. The van der Waals surface area contributed by atoms with E-state index in [1.54, 1.807) is 0 Å². The van der Waals surface area contributed by atoms with Crippen LogP contribution in [0.2, 0.25) is 0 Å². The molecule has 3 fully saturated rings. The summed E-state index contributed by atoms with van der Waals surface area (Å²) >= 11 is 0. The SMILES string of the molecule is C[n+]1ccn(CCCCC(=O)O[C@H]2CN[C@H](C(=O)N[C@@H]3CCCC[C@H]3NC(=O)[C@@H]3C[C@@H](OC(=O)CCCCn4cc[n+](C)c4)CN3)C2)c1.[Br-].[Br-]. The first-order valence-electron chi connectivity index (χ1n) is 17.7. The van der Waals surface area contributed by atoms with Crippen molar-refractivity contribution in [2.24, 2.45) is 14.1 Å². The Morgan fingerprint density at radius 2 is 1.12 bits per heavy atom. The average molecular weight is 831 g/mol. The molecule has 6 atom stereocenters. The van der Waals surface area contributed by atoms with Crippen LogP contribution in [-0.4, -0.2) is 82.4 Å². The smallest absolute Gasteiger partial charge is 0.306 e. The quantitative estimate of drug-likeness (QED) is 0.0743. The largest absolute Gasteiger partial charge is 1.00 e. The molecule has 1 aliphatic carbocycles. The molecule has 5 rings (SSSR count). The molecule has 0 bridgehead atoms. The number of hydrogen-bond donors (Lipinski definition) is 4. The summed E-state index contributed by atoms with van der Waals surface area (Å²) in [6.45, 7) is 2.60. The molecule has 2 saturated heterocycles. The zero-order chi connectivity index (χ0) is 33.9. The molecule has 4 heterocycles. The van der Waals surface area contributed by atoms with E-state index in [4.69, 9.17) is 9.47 Å². The number of carbonyl (C=O) groups excluding carboxylic acids is 4. The number of aryl methyl sites for hydroxylation is 4. The van der Waals surface area contributed by atoms with Gasteiger partial charge in [0, 0.05) is 50.9 Å². The van der Waals surface area contributed by atoms with E-state index >= 15 is 0 Å². The van der Waals surface area contributed by atoms with E-state index in [9.17, 15) is 19.2 Å². The monoisotopic (exact) mass is 828 g/mol. The van der Waals surface area contributed by atoms with Gasteiger partial charge in [-0.15, -0.1) is 0 Å². The molecule has 0 spiro atoms. The molecule has 1 saturated carbocycles.